The average molecular weight is 551 g/mol. The van der Waals surface area contributed by atoms with E-state index in [9.17, 15) is 18.3 Å². The zero-order valence-corrected chi connectivity index (χ0v) is 22.5. The van der Waals surface area contributed by atoms with Gasteiger partial charge in [0.25, 0.3) is 0 Å². The highest BCUT2D eigenvalue weighted by atomic mass is 35.5. The minimum absolute atomic E-state index is 0.0224. The third-order valence-corrected chi connectivity index (χ3v) is 7.98. The molecular weight excluding hydrogens is 524 g/mol. The maximum Gasteiger partial charge on any atom is 0.322 e. The number of aliphatic carboxylic acids is 1. The van der Waals surface area contributed by atoms with Gasteiger partial charge in [0.2, 0.25) is 10.0 Å². The van der Waals surface area contributed by atoms with Gasteiger partial charge in [-0.15, -0.1) is 5.92 Å². The molecule has 3 aromatic carbocycles. The summed E-state index contributed by atoms with van der Waals surface area (Å²) in [6.45, 7) is 4.36. The quantitative estimate of drug-likeness (QED) is 0.270. The van der Waals surface area contributed by atoms with E-state index in [2.05, 4.69) is 21.1 Å². The van der Waals surface area contributed by atoms with Crippen molar-refractivity contribution >= 4 is 38.5 Å². The monoisotopic (exact) mass is 550 g/mol. The molecule has 0 spiro atoms. The minimum atomic E-state index is -4.11. The van der Waals surface area contributed by atoms with Gasteiger partial charge in [0.15, 0.2) is 0 Å². The van der Waals surface area contributed by atoms with Crippen molar-refractivity contribution in [3.05, 3.63) is 94.6 Å². The number of fused-ring (bicyclic) bond motifs is 1. The van der Waals surface area contributed by atoms with E-state index >= 15 is 0 Å². The molecule has 1 unspecified atom stereocenters. The van der Waals surface area contributed by atoms with Crippen LogP contribution in [0.2, 0.25) is 5.02 Å². The van der Waals surface area contributed by atoms with Gasteiger partial charge in [-0.2, -0.15) is 4.72 Å². The molecule has 0 aliphatic rings. The summed E-state index contributed by atoms with van der Waals surface area (Å²) in [6.07, 6.45) is -0.0224. The number of benzene rings is 3. The fourth-order valence-electron chi connectivity index (χ4n) is 4.28. The zero-order chi connectivity index (χ0) is 27.3. The number of sulfonamides is 1. The van der Waals surface area contributed by atoms with Gasteiger partial charge in [-0.05, 0) is 67.4 Å². The second-order valence-electron chi connectivity index (χ2n) is 8.70. The van der Waals surface area contributed by atoms with Gasteiger partial charge >= 0.3 is 5.97 Å². The van der Waals surface area contributed by atoms with Gasteiger partial charge in [0.05, 0.1) is 4.90 Å². The molecule has 1 aromatic heterocycles. The molecule has 7 nitrogen and oxygen atoms in total. The number of carbonyl (C=O) groups is 1. The molecule has 38 heavy (non-hydrogen) atoms. The molecule has 1 atom stereocenters. The lowest BCUT2D eigenvalue weighted by atomic mass is 10.0. The van der Waals surface area contributed by atoms with Crippen molar-refractivity contribution in [2.24, 2.45) is 0 Å². The van der Waals surface area contributed by atoms with Gasteiger partial charge in [0.1, 0.15) is 18.4 Å². The van der Waals surface area contributed by atoms with E-state index in [0.717, 1.165) is 27.7 Å². The van der Waals surface area contributed by atoms with Crippen molar-refractivity contribution < 1.29 is 23.1 Å². The Morgan fingerprint density at radius 1 is 1.08 bits per heavy atom. The van der Waals surface area contributed by atoms with Crippen molar-refractivity contribution in [2.75, 3.05) is 6.61 Å². The number of nitrogens with one attached hydrogen (secondary N) is 1. The summed E-state index contributed by atoms with van der Waals surface area (Å²) in [5.74, 6) is 4.68. The predicted octanol–water partition coefficient (Wildman–Crippen LogP) is 5.03. The Balaban J connectivity index is 1.61. The number of rotatable bonds is 10. The zero-order valence-electron chi connectivity index (χ0n) is 20.9. The molecule has 4 aromatic rings. The Labute approximate surface area is 227 Å². The Hall–Kier alpha value is -3.77. The molecule has 0 fully saturated rings. The molecule has 0 radical (unpaired) electrons. The van der Waals surface area contributed by atoms with Gasteiger partial charge in [-0.25, -0.2) is 8.42 Å². The summed E-state index contributed by atoms with van der Waals surface area (Å²) < 4.78 is 36.1. The molecule has 0 amide bonds. The topological polar surface area (TPSA) is 97.6 Å². The lowest BCUT2D eigenvalue weighted by molar-refractivity contribution is -0.138. The van der Waals surface area contributed by atoms with Crippen molar-refractivity contribution in [1.29, 1.82) is 0 Å². The summed E-state index contributed by atoms with van der Waals surface area (Å²) in [5.41, 5.74) is 3.61. The van der Waals surface area contributed by atoms with Crippen LogP contribution in [0.25, 0.3) is 10.9 Å². The van der Waals surface area contributed by atoms with Gasteiger partial charge in [-0.3, -0.25) is 4.79 Å². The lowest BCUT2D eigenvalue weighted by Gasteiger charge is -2.16. The van der Waals surface area contributed by atoms with Crippen LogP contribution < -0.4 is 9.46 Å². The Bertz CT molecular complexity index is 1620. The summed E-state index contributed by atoms with van der Waals surface area (Å²) in [7, 11) is -4.11. The first-order chi connectivity index (χ1) is 18.2. The molecule has 4 rings (SSSR count). The number of hydrogen-bond donors (Lipinski definition) is 2. The van der Waals surface area contributed by atoms with Crippen LogP contribution in [0.15, 0.2) is 77.7 Å². The lowest BCUT2D eigenvalue weighted by Crippen LogP contribution is -2.42. The van der Waals surface area contributed by atoms with Gasteiger partial charge in [0, 0.05) is 34.6 Å². The van der Waals surface area contributed by atoms with Crippen molar-refractivity contribution in [3.63, 3.8) is 0 Å². The van der Waals surface area contributed by atoms with Crippen molar-refractivity contribution in [2.45, 2.75) is 37.8 Å². The van der Waals surface area contributed by atoms with Crippen LogP contribution in [0.3, 0.4) is 0 Å². The fraction of sp³-hybridized carbons (Fsp3) is 0.207. The molecule has 0 saturated heterocycles. The number of para-hydroxylation sites is 1. The number of nitrogens with zero attached hydrogens (tertiary/aromatic N) is 1. The van der Waals surface area contributed by atoms with Crippen LogP contribution in [0.5, 0.6) is 5.75 Å². The highest BCUT2D eigenvalue weighted by molar-refractivity contribution is 7.89. The summed E-state index contributed by atoms with van der Waals surface area (Å²) >= 11 is 6.03. The van der Waals surface area contributed by atoms with E-state index in [0.29, 0.717) is 17.3 Å². The van der Waals surface area contributed by atoms with E-state index in [1.165, 1.54) is 24.3 Å². The van der Waals surface area contributed by atoms with Crippen LogP contribution >= 0.6 is 11.6 Å². The van der Waals surface area contributed by atoms with Gasteiger partial charge < -0.3 is 14.4 Å². The van der Waals surface area contributed by atoms with Crippen LogP contribution in [-0.4, -0.2) is 36.7 Å². The van der Waals surface area contributed by atoms with Crippen LogP contribution in [0, 0.1) is 18.8 Å². The molecular formula is C29H27ClN2O5S. The number of carboxylic acid groups (broad SMARTS) is 1. The van der Waals surface area contributed by atoms with Crippen LogP contribution in [0.4, 0.5) is 0 Å². The van der Waals surface area contributed by atoms with Crippen molar-refractivity contribution in [1.82, 2.24) is 9.29 Å². The number of halogens is 1. The molecule has 196 valence electrons. The third kappa shape index (κ3) is 6.20. The number of aromatic nitrogens is 1. The number of ether oxygens (including phenoxy) is 1. The second-order valence-corrected chi connectivity index (χ2v) is 10.8. The summed E-state index contributed by atoms with van der Waals surface area (Å²) in [4.78, 5) is 12.2. The first kappa shape index (κ1) is 27.3. The predicted molar refractivity (Wildman–Crippen MR) is 148 cm³/mol. The standard InChI is InChI=1S/C29H27ClN2O5S/c1-3-4-17-37-23-13-15-24(16-14-23)38(35,36)31-27(29(33)34)18-26-20(2)32(28-8-6-5-7-25(26)28)19-21-9-11-22(30)12-10-21/h5-16,27,31H,17-19H2,1-2H3,(H,33,34). The Kier molecular flexibility index (Phi) is 8.42. The SMILES string of the molecule is CC#CCOc1ccc(S(=O)(=O)NC(Cc2c(C)n(Cc3ccc(Cl)cc3)c3ccccc23)C(=O)O)cc1. The fourth-order valence-corrected chi connectivity index (χ4v) is 5.60. The largest absolute Gasteiger partial charge is 0.481 e. The smallest absolute Gasteiger partial charge is 0.322 e. The molecule has 0 aliphatic carbocycles. The normalized spacial score (nSPS) is 12.1. The highest BCUT2D eigenvalue weighted by Gasteiger charge is 2.28. The van der Waals surface area contributed by atoms with Crippen LogP contribution in [-0.2, 0) is 27.8 Å². The van der Waals surface area contributed by atoms with E-state index in [1.54, 1.807) is 6.92 Å². The molecule has 0 bridgehead atoms. The van der Waals surface area contributed by atoms with Gasteiger partial charge in [-0.1, -0.05) is 47.9 Å². The van der Waals surface area contributed by atoms with E-state index in [1.807, 2.05) is 55.5 Å². The Morgan fingerprint density at radius 2 is 1.76 bits per heavy atom. The van der Waals surface area contributed by atoms with E-state index in [4.69, 9.17) is 16.3 Å². The minimum Gasteiger partial charge on any atom is -0.481 e. The van der Waals surface area contributed by atoms with Crippen molar-refractivity contribution in [3.8, 4) is 17.6 Å². The molecule has 2 N–H and O–H groups in total. The summed E-state index contributed by atoms with van der Waals surface area (Å²) in [6, 6.07) is 19.6. The maximum atomic E-state index is 13.1. The van der Waals surface area contributed by atoms with Crippen LogP contribution in [0.1, 0.15) is 23.7 Å². The summed E-state index contributed by atoms with van der Waals surface area (Å²) in [5, 5.41) is 11.5. The molecule has 9 heteroatoms. The maximum absolute atomic E-state index is 13.1. The number of carboxylic acids is 1. The molecule has 1 heterocycles. The second kappa shape index (κ2) is 11.7. The molecule has 0 saturated carbocycles. The highest BCUT2D eigenvalue weighted by Crippen LogP contribution is 2.29. The first-order valence-corrected chi connectivity index (χ1v) is 13.7. The Morgan fingerprint density at radius 3 is 2.42 bits per heavy atom. The first-order valence-electron chi connectivity index (χ1n) is 11.9. The van der Waals surface area contributed by atoms with E-state index < -0.39 is 22.0 Å². The number of hydrogen-bond acceptors (Lipinski definition) is 4. The average Bonchev–Trinajstić information content (AvgIpc) is 3.16. The van der Waals surface area contributed by atoms with E-state index in [-0.39, 0.29) is 17.9 Å². The third-order valence-electron chi connectivity index (χ3n) is 6.24. The molecule has 0 aliphatic heterocycles.